The van der Waals surface area contributed by atoms with Gasteiger partial charge in [-0.3, -0.25) is 5.32 Å². The van der Waals surface area contributed by atoms with Gasteiger partial charge in [0.05, 0.1) is 0 Å². The molecule has 1 aromatic heterocycles. The zero-order valence-corrected chi connectivity index (χ0v) is 12.4. The molecule has 0 saturated carbocycles. The summed E-state index contributed by atoms with van der Waals surface area (Å²) in [6.07, 6.45) is 0.580. The molecule has 2 aromatic carbocycles. The molecule has 3 aromatic rings. The van der Waals surface area contributed by atoms with E-state index >= 15 is 0 Å². The summed E-state index contributed by atoms with van der Waals surface area (Å²) in [5, 5.41) is 12.9. The zero-order chi connectivity index (χ0) is 15.7. The minimum atomic E-state index is -1.11. The molecule has 0 fully saturated rings. The van der Waals surface area contributed by atoms with E-state index in [0.29, 0.717) is 5.82 Å². The number of hydrogen-bond donors (Lipinski definition) is 2. The second kappa shape index (κ2) is 5.48. The van der Waals surface area contributed by atoms with Crippen LogP contribution in [0.2, 0.25) is 0 Å². The van der Waals surface area contributed by atoms with Crippen LogP contribution in [-0.4, -0.2) is 16.2 Å². The highest BCUT2D eigenvalue weighted by Gasteiger charge is 2.07. The summed E-state index contributed by atoms with van der Waals surface area (Å²) >= 11 is 0. The first-order valence-corrected chi connectivity index (χ1v) is 7.01. The molecule has 0 aliphatic carbocycles. The maximum Gasteiger partial charge on any atom is 0.410 e. The molecule has 0 aliphatic rings. The molecule has 0 saturated heterocycles. The van der Waals surface area contributed by atoms with Gasteiger partial charge >= 0.3 is 6.09 Å². The van der Waals surface area contributed by atoms with Crippen LogP contribution in [0.4, 0.5) is 10.6 Å². The third-order valence-corrected chi connectivity index (χ3v) is 3.73. The van der Waals surface area contributed by atoms with Gasteiger partial charge in [0, 0.05) is 11.6 Å². The number of aryl methyl sites for hydroxylation is 2. The first-order chi connectivity index (χ1) is 10.5. The highest BCUT2D eigenvalue weighted by atomic mass is 16.4. The molecular formula is C18H16N2O2. The number of benzene rings is 2. The lowest BCUT2D eigenvalue weighted by Gasteiger charge is -2.11. The Morgan fingerprint density at radius 2 is 1.77 bits per heavy atom. The van der Waals surface area contributed by atoms with Crippen molar-refractivity contribution in [2.24, 2.45) is 0 Å². The van der Waals surface area contributed by atoms with E-state index in [1.807, 2.05) is 6.07 Å². The number of anilines is 1. The number of pyridine rings is 1. The molecule has 0 bridgehead atoms. The molecule has 110 valence electrons. The number of amides is 1. The molecule has 3 rings (SSSR count). The van der Waals surface area contributed by atoms with E-state index in [-0.39, 0.29) is 0 Å². The summed E-state index contributed by atoms with van der Waals surface area (Å²) < 4.78 is 0. The standard InChI is InChI=1S/C18H16N2O2/c1-11-4-3-5-12(2)17(11)14-7-6-13-9-16(20-18(21)22)19-10-15(13)8-14/h3-10H,1-2H3,(H,19,20)(H,21,22). The predicted molar refractivity (Wildman–Crippen MR) is 88.3 cm³/mol. The Bertz CT molecular complexity index is 852. The second-order valence-electron chi connectivity index (χ2n) is 5.33. The Morgan fingerprint density at radius 1 is 1.05 bits per heavy atom. The summed E-state index contributed by atoms with van der Waals surface area (Å²) in [5.41, 5.74) is 4.84. The molecule has 1 heterocycles. The highest BCUT2D eigenvalue weighted by molar-refractivity contribution is 5.91. The van der Waals surface area contributed by atoms with Crippen molar-refractivity contribution in [1.82, 2.24) is 4.98 Å². The van der Waals surface area contributed by atoms with Crippen LogP contribution in [0.3, 0.4) is 0 Å². The number of aromatic nitrogens is 1. The van der Waals surface area contributed by atoms with Gasteiger partial charge in [-0.1, -0.05) is 30.3 Å². The first kappa shape index (κ1) is 14.1. The Labute approximate surface area is 128 Å². The molecule has 4 heteroatoms. The lowest BCUT2D eigenvalue weighted by atomic mass is 9.94. The normalized spacial score (nSPS) is 10.6. The number of nitrogens with one attached hydrogen (secondary N) is 1. The lowest BCUT2D eigenvalue weighted by Crippen LogP contribution is -2.08. The third kappa shape index (κ3) is 2.63. The zero-order valence-electron chi connectivity index (χ0n) is 12.4. The number of hydrogen-bond acceptors (Lipinski definition) is 2. The molecule has 0 spiro atoms. The summed E-state index contributed by atoms with van der Waals surface area (Å²) in [7, 11) is 0. The van der Waals surface area contributed by atoms with Gasteiger partial charge in [0.15, 0.2) is 0 Å². The van der Waals surface area contributed by atoms with Crippen molar-refractivity contribution in [1.29, 1.82) is 0 Å². The summed E-state index contributed by atoms with van der Waals surface area (Å²) in [6, 6.07) is 14.1. The van der Waals surface area contributed by atoms with Crippen molar-refractivity contribution in [3.63, 3.8) is 0 Å². The van der Waals surface area contributed by atoms with E-state index in [9.17, 15) is 4.79 Å². The smallest absolute Gasteiger partial charge is 0.410 e. The minimum absolute atomic E-state index is 0.333. The van der Waals surface area contributed by atoms with Crippen LogP contribution in [0.5, 0.6) is 0 Å². The van der Waals surface area contributed by atoms with Gasteiger partial charge in [-0.05, 0) is 53.6 Å². The van der Waals surface area contributed by atoms with Crippen LogP contribution < -0.4 is 5.32 Å². The summed E-state index contributed by atoms with van der Waals surface area (Å²) in [4.78, 5) is 14.8. The van der Waals surface area contributed by atoms with Gasteiger partial charge in [-0.2, -0.15) is 0 Å². The van der Waals surface area contributed by atoms with Crippen molar-refractivity contribution in [2.45, 2.75) is 13.8 Å². The lowest BCUT2D eigenvalue weighted by molar-refractivity contribution is 0.209. The molecule has 22 heavy (non-hydrogen) atoms. The van der Waals surface area contributed by atoms with Gasteiger partial charge in [0.1, 0.15) is 5.82 Å². The van der Waals surface area contributed by atoms with E-state index < -0.39 is 6.09 Å². The first-order valence-electron chi connectivity index (χ1n) is 7.01. The maximum atomic E-state index is 10.7. The molecule has 0 radical (unpaired) electrons. The molecule has 1 amide bonds. The van der Waals surface area contributed by atoms with Crippen LogP contribution >= 0.6 is 0 Å². The van der Waals surface area contributed by atoms with Crippen molar-refractivity contribution in [2.75, 3.05) is 5.32 Å². The quantitative estimate of drug-likeness (QED) is 0.725. The maximum absolute atomic E-state index is 10.7. The number of carbonyl (C=O) groups is 1. The van der Waals surface area contributed by atoms with Crippen molar-refractivity contribution >= 4 is 22.7 Å². The van der Waals surface area contributed by atoms with Gasteiger partial charge in [-0.25, -0.2) is 9.78 Å². The third-order valence-electron chi connectivity index (χ3n) is 3.73. The average molecular weight is 292 g/mol. The summed E-state index contributed by atoms with van der Waals surface area (Å²) in [6.45, 7) is 4.20. The molecule has 0 unspecified atom stereocenters. The monoisotopic (exact) mass is 292 g/mol. The second-order valence-corrected chi connectivity index (χ2v) is 5.33. The topological polar surface area (TPSA) is 62.2 Å². The number of nitrogens with zero attached hydrogens (tertiary/aromatic N) is 1. The van der Waals surface area contributed by atoms with Crippen LogP contribution in [-0.2, 0) is 0 Å². The van der Waals surface area contributed by atoms with Crippen LogP contribution in [0, 0.1) is 13.8 Å². The van der Waals surface area contributed by atoms with Gasteiger partial charge in [0.25, 0.3) is 0 Å². The number of carboxylic acid groups (broad SMARTS) is 1. The Balaban J connectivity index is 2.09. The SMILES string of the molecule is Cc1cccc(C)c1-c1ccc2cc(NC(=O)O)ncc2c1. The van der Waals surface area contributed by atoms with E-state index in [4.69, 9.17) is 5.11 Å². The Hall–Kier alpha value is -2.88. The molecule has 4 nitrogen and oxygen atoms in total. The van der Waals surface area contributed by atoms with E-state index in [0.717, 1.165) is 16.3 Å². The fraction of sp³-hybridized carbons (Fsp3) is 0.111. The van der Waals surface area contributed by atoms with Crippen LogP contribution in [0.25, 0.3) is 21.9 Å². The summed E-state index contributed by atoms with van der Waals surface area (Å²) in [5.74, 6) is 0.333. The fourth-order valence-electron chi connectivity index (χ4n) is 2.74. The van der Waals surface area contributed by atoms with Gasteiger partial charge in [0.2, 0.25) is 0 Å². The van der Waals surface area contributed by atoms with E-state index in [1.54, 1.807) is 12.3 Å². The molecule has 0 atom stereocenters. The van der Waals surface area contributed by atoms with Crippen molar-refractivity contribution in [3.05, 3.63) is 59.8 Å². The van der Waals surface area contributed by atoms with Crippen molar-refractivity contribution < 1.29 is 9.90 Å². The van der Waals surface area contributed by atoms with Crippen LogP contribution in [0.1, 0.15) is 11.1 Å². The average Bonchev–Trinajstić information content (AvgIpc) is 2.46. The van der Waals surface area contributed by atoms with E-state index in [2.05, 4.69) is 54.5 Å². The Kier molecular flexibility index (Phi) is 3.51. The number of fused-ring (bicyclic) bond motifs is 1. The fourth-order valence-corrected chi connectivity index (χ4v) is 2.74. The van der Waals surface area contributed by atoms with Crippen LogP contribution in [0.15, 0.2) is 48.7 Å². The van der Waals surface area contributed by atoms with Gasteiger partial charge < -0.3 is 5.11 Å². The predicted octanol–water partition coefficient (Wildman–Crippen LogP) is 4.61. The largest absolute Gasteiger partial charge is 0.465 e. The van der Waals surface area contributed by atoms with E-state index in [1.165, 1.54) is 16.7 Å². The molecular weight excluding hydrogens is 276 g/mol. The minimum Gasteiger partial charge on any atom is -0.465 e. The van der Waals surface area contributed by atoms with Crippen molar-refractivity contribution in [3.8, 4) is 11.1 Å². The Morgan fingerprint density at radius 3 is 2.45 bits per heavy atom. The van der Waals surface area contributed by atoms with Gasteiger partial charge in [-0.15, -0.1) is 0 Å². The highest BCUT2D eigenvalue weighted by Crippen LogP contribution is 2.30. The number of rotatable bonds is 2. The molecule has 2 N–H and O–H groups in total. The molecule has 0 aliphatic heterocycles.